The molecule has 0 fully saturated rings. The molecule has 0 aliphatic rings. The van der Waals surface area contributed by atoms with Crippen molar-refractivity contribution in [2.75, 3.05) is 25.2 Å². The zero-order valence-electron chi connectivity index (χ0n) is 15.2. The number of ether oxygens (including phenoxy) is 2. The van der Waals surface area contributed by atoms with Gasteiger partial charge in [0.05, 0.1) is 13.2 Å². The van der Waals surface area contributed by atoms with Crippen LogP contribution in [-0.2, 0) is 9.47 Å². The Balaban J connectivity index is 3.29. The molecule has 8 heteroatoms. The fourth-order valence-corrected chi connectivity index (χ4v) is 2.03. The van der Waals surface area contributed by atoms with Crippen molar-refractivity contribution in [3.05, 3.63) is 35.5 Å². The highest BCUT2D eigenvalue weighted by Gasteiger charge is 2.28. The third kappa shape index (κ3) is 5.94. The van der Waals surface area contributed by atoms with Crippen LogP contribution in [0.3, 0.4) is 0 Å². The first kappa shape index (κ1) is 20.8. The molecule has 1 amide bonds. The Kier molecular flexibility index (Phi) is 7.23. The number of esters is 1. The first-order chi connectivity index (χ1) is 11.6. The molecule has 0 unspecified atom stereocenters. The Hall–Kier alpha value is -2.28. The molecular formula is C17H24ClN3O4. The molecule has 138 valence electrons. The van der Waals surface area contributed by atoms with Crippen LogP contribution in [0.1, 0.15) is 38.1 Å². The Labute approximate surface area is 153 Å². The smallest absolute Gasteiger partial charge is 0.429 e. The van der Waals surface area contributed by atoms with Crippen molar-refractivity contribution in [1.29, 1.82) is 0 Å². The van der Waals surface area contributed by atoms with Gasteiger partial charge in [0.15, 0.2) is 5.82 Å². The number of nitrogens with zero attached hydrogens (tertiary/aromatic N) is 3. The van der Waals surface area contributed by atoms with Gasteiger partial charge in [0.2, 0.25) is 0 Å². The summed E-state index contributed by atoms with van der Waals surface area (Å²) in [6.45, 7) is 11.1. The quantitative estimate of drug-likeness (QED) is 0.329. The fraction of sp³-hybridized carbons (Fsp3) is 0.471. The van der Waals surface area contributed by atoms with E-state index in [9.17, 15) is 9.59 Å². The van der Waals surface area contributed by atoms with Crippen molar-refractivity contribution < 1.29 is 19.1 Å². The zero-order chi connectivity index (χ0) is 19.2. The third-order valence-electron chi connectivity index (χ3n) is 2.90. The van der Waals surface area contributed by atoms with Gasteiger partial charge in [-0.05, 0) is 39.8 Å². The molecule has 1 aromatic rings. The monoisotopic (exact) mass is 369 g/mol. The van der Waals surface area contributed by atoms with Crippen LogP contribution in [0.4, 0.5) is 10.6 Å². The normalized spacial score (nSPS) is 10.8. The molecule has 0 atom stereocenters. The molecule has 0 spiro atoms. The van der Waals surface area contributed by atoms with Crippen LogP contribution >= 0.6 is 11.6 Å². The number of carbonyl (C=O) groups excluding carboxylic acids is 2. The number of halogens is 1. The molecule has 25 heavy (non-hydrogen) atoms. The molecule has 0 saturated heterocycles. The summed E-state index contributed by atoms with van der Waals surface area (Å²) in [7, 11) is 1.51. The van der Waals surface area contributed by atoms with E-state index >= 15 is 0 Å². The van der Waals surface area contributed by atoms with Gasteiger partial charge in [-0.25, -0.2) is 19.6 Å². The van der Waals surface area contributed by atoms with E-state index in [2.05, 4.69) is 11.6 Å². The molecule has 1 heterocycles. The van der Waals surface area contributed by atoms with E-state index in [0.29, 0.717) is 0 Å². The van der Waals surface area contributed by atoms with Gasteiger partial charge in [-0.3, -0.25) is 5.01 Å². The highest BCUT2D eigenvalue weighted by atomic mass is 35.5. The summed E-state index contributed by atoms with van der Waals surface area (Å²) in [6.07, 6.45) is 0.962. The molecule has 1 aromatic heterocycles. The van der Waals surface area contributed by atoms with Crippen LogP contribution in [0.15, 0.2) is 24.8 Å². The summed E-state index contributed by atoms with van der Waals surface area (Å²) in [5.41, 5.74) is -0.486. The van der Waals surface area contributed by atoms with Crippen molar-refractivity contribution in [3.8, 4) is 0 Å². The minimum Gasteiger partial charge on any atom is -0.462 e. The average Bonchev–Trinajstić information content (AvgIpc) is 2.50. The predicted molar refractivity (Wildman–Crippen MR) is 96.7 cm³/mol. The van der Waals surface area contributed by atoms with Gasteiger partial charge in [-0.1, -0.05) is 17.7 Å². The van der Waals surface area contributed by atoms with Gasteiger partial charge in [0, 0.05) is 7.05 Å². The predicted octanol–water partition coefficient (Wildman–Crippen LogP) is 3.69. The van der Waals surface area contributed by atoms with Crippen molar-refractivity contribution in [3.63, 3.8) is 0 Å². The number of hydrogen-bond acceptors (Lipinski definition) is 6. The lowest BCUT2D eigenvalue weighted by molar-refractivity contribution is 0.0277. The molecular weight excluding hydrogens is 346 g/mol. The maximum atomic E-state index is 12.4. The molecule has 0 aliphatic heterocycles. The molecule has 0 bridgehead atoms. The summed E-state index contributed by atoms with van der Waals surface area (Å²) in [5.74, 6) is -0.382. The Morgan fingerprint density at radius 1 is 1.36 bits per heavy atom. The van der Waals surface area contributed by atoms with Crippen molar-refractivity contribution in [2.24, 2.45) is 0 Å². The fourth-order valence-electron chi connectivity index (χ4n) is 1.89. The SMILES string of the molecule is C=CCN(c1nc(Cl)ccc1C(=O)OCC)N(C)C(=O)OC(C)(C)C. The van der Waals surface area contributed by atoms with Crippen LogP contribution in [0, 0.1) is 0 Å². The van der Waals surface area contributed by atoms with Gasteiger partial charge < -0.3 is 9.47 Å². The Bertz CT molecular complexity index is 643. The molecule has 0 aromatic carbocycles. The maximum Gasteiger partial charge on any atom is 0.429 e. The van der Waals surface area contributed by atoms with E-state index in [4.69, 9.17) is 21.1 Å². The van der Waals surface area contributed by atoms with Crippen molar-refractivity contribution in [1.82, 2.24) is 9.99 Å². The average molecular weight is 370 g/mol. The number of anilines is 1. The first-order valence-corrected chi connectivity index (χ1v) is 8.17. The number of carbonyl (C=O) groups is 2. The lowest BCUT2D eigenvalue weighted by Gasteiger charge is -2.34. The third-order valence-corrected chi connectivity index (χ3v) is 3.11. The van der Waals surface area contributed by atoms with Crippen LogP contribution in [0.2, 0.25) is 5.15 Å². The summed E-state index contributed by atoms with van der Waals surface area (Å²) in [5, 5.41) is 2.84. The number of amides is 1. The number of aromatic nitrogens is 1. The van der Waals surface area contributed by atoms with Gasteiger partial charge in [0.25, 0.3) is 0 Å². The van der Waals surface area contributed by atoms with E-state index in [0.717, 1.165) is 0 Å². The number of hydrazine groups is 1. The molecule has 0 radical (unpaired) electrons. The van der Waals surface area contributed by atoms with E-state index in [1.54, 1.807) is 33.8 Å². The molecule has 0 N–H and O–H groups in total. The van der Waals surface area contributed by atoms with Crippen LogP contribution in [-0.4, -0.2) is 47.9 Å². The Morgan fingerprint density at radius 3 is 2.52 bits per heavy atom. The van der Waals surface area contributed by atoms with Crippen molar-refractivity contribution in [2.45, 2.75) is 33.3 Å². The molecule has 0 saturated carbocycles. The lowest BCUT2D eigenvalue weighted by Crippen LogP contribution is -2.47. The molecule has 0 aliphatic carbocycles. The second-order valence-electron chi connectivity index (χ2n) is 6.10. The number of rotatable bonds is 6. The second-order valence-corrected chi connectivity index (χ2v) is 6.49. The van der Waals surface area contributed by atoms with Crippen LogP contribution < -0.4 is 5.01 Å². The number of hydrogen-bond donors (Lipinski definition) is 0. The van der Waals surface area contributed by atoms with Gasteiger partial charge in [0.1, 0.15) is 16.3 Å². The van der Waals surface area contributed by atoms with Crippen molar-refractivity contribution >= 4 is 29.5 Å². The second kappa shape index (κ2) is 8.71. The lowest BCUT2D eigenvalue weighted by atomic mass is 10.2. The molecule has 7 nitrogen and oxygen atoms in total. The van der Waals surface area contributed by atoms with Gasteiger partial charge in [-0.2, -0.15) is 0 Å². The summed E-state index contributed by atoms with van der Waals surface area (Å²) < 4.78 is 10.4. The van der Waals surface area contributed by atoms with Crippen LogP contribution in [0.5, 0.6) is 0 Å². The zero-order valence-corrected chi connectivity index (χ0v) is 16.0. The van der Waals surface area contributed by atoms with E-state index in [1.165, 1.54) is 29.2 Å². The standard InChI is InChI=1S/C17H24ClN3O4/c1-7-11-21(20(6)16(23)25-17(3,4)5)14-12(15(22)24-8-2)9-10-13(18)19-14/h7,9-10H,1,8,11H2,2-6H3. The topological polar surface area (TPSA) is 72.0 Å². The summed E-state index contributed by atoms with van der Waals surface area (Å²) >= 11 is 5.98. The minimum absolute atomic E-state index is 0.176. The van der Waals surface area contributed by atoms with Gasteiger partial charge >= 0.3 is 12.1 Å². The highest BCUT2D eigenvalue weighted by molar-refractivity contribution is 6.29. The Morgan fingerprint density at radius 2 is 2.00 bits per heavy atom. The minimum atomic E-state index is -0.670. The van der Waals surface area contributed by atoms with Crippen LogP contribution in [0.25, 0.3) is 0 Å². The van der Waals surface area contributed by atoms with E-state index in [-0.39, 0.29) is 29.7 Å². The van der Waals surface area contributed by atoms with E-state index < -0.39 is 17.7 Å². The summed E-state index contributed by atoms with van der Waals surface area (Å²) in [6, 6.07) is 2.98. The number of pyridine rings is 1. The molecule has 1 rings (SSSR count). The van der Waals surface area contributed by atoms with E-state index in [1.807, 2.05) is 0 Å². The highest BCUT2D eigenvalue weighted by Crippen LogP contribution is 2.24. The maximum absolute atomic E-state index is 12.4. The first-order valence-electron chi connectivity index (χ1n) is 7.79. The van der Waals surface area contributed by atoms with Gasteiger partial charge in [-0.15, -0.1) is 6.58 Å². The largest absolute Gasteiger partial charge is 0.462 e. The summed E-state index contributed by atoms with van der Waals surface area (Å²) in [4.78, 5) is 28.8.